The average molecular weight is 610 g/mol. The molecular weight excluding hydrogens is 583 g/mol. The molecule has 1 unspecified atom stereocenters. The lowest BCUT2D eigenvalue weighted by Gasteiger charge is -2.16. The van der Waals surface area contributed by atoms with Crippen LogP contribution in [0.15, 0.2) is 65.6 Å². The van der Waals surface area contributed by atoms with Crippen molar-refractivity contribution < 1.29 is 13.2 Å². The minimum Gasteiger partial charge on any atom is -0.331 e. The van der Waals surface area contributed by atoms with E-state index in [1.807, 2.05) is 37.3 Å². The zero-order valence-corrected chi connectivity index (χ0v) is 24.6. The first kappa shape index (κ1) is 27.5. The van der Waals surface area contributed by atoms with Gasteiger partial charge in [0.25, 0.3) is 11.5 Å². The Morgan fingerprint density at radius 1 is 1.15 bits per heavy atom. The van der Waals surface area contributed by atoms with Gasteiger partial charge < -0.3 is 9.55 Å². The lowest BCUT2D eigenvalue weighted by molar-refractivity contribution is 0.0973. The number of aromatic nitrogens is 3. The summed E-state index contributed by atoms with van der Waals surface area (Å²) in [4.78, 5) is 34.3. The van der Waals surface area contributed by atoms with Crippen molar-refractivity contribution in [3.63, 3.8) is 0 Å². The van der Waals surface area contributed by atoms with Crippen LogP contribution in [0.5, 0.6) is 0 Å². The molecule has 0 spiro atoms. The molecule has 1 fully saturated rings. The number of pyridine rings is 2. The van der Waals surface area contributed by atoms with Gasteiger partial charge in [0.1, 0.15) is 10.8 Å². The number of hydrogen-bond acceptors (Lipinski definition) is 5. The SMILES string of the molecule is Cc1cc2c(-c3ccc[nH]c3=O)c(C(=O)NS(=O)(=O)C(C)C3CC3)n(Cc3cc4ccccc4nc3Cl)c2cc1Cl. The fourth-order valence-electron chi connectivity index (χ4n) is 5.28. The van der Waals surface area contributed by atoms with E-state index in [1.54, 1.807) is 35.8 Å². The first-order valence-electron chi connectivity index (χ1n) is 13.2. The highest BCUT2D eigenvalue weighted by Gasteiger charge is 2.38. The van der Waals surface area contributed by atoms with Gasteiger partial charge in [-0.3, -0.25) is 9.59 Å². The molecule has 8 nitrogen and oxygen atoms in total. The number of carbonyl (C=O) groups is 1. The van der Waals surface area contributed by atoms with E-state index < -0.39 is 26.7 Å². The average Bonchev–Trinajstić information content (AvgIpc) is 3.73. The second-order valence-electron chi connectivity index (χ2n) is 10.5. The Bertz CT molecular complexity index is 2030. The molecule has 3 heterocycles. The van der Waals surface area contributed by atoms with E-state index in [0.29, 0.717) is 32.6 Å². The van der Waals surface area contributed by atoms with Gasteiger partial charge in [0.15, 0.2) is 0 Å². The van der Waals surface area contributed by atoms with Gasteiger partial charge in [-0.2, -0.15) is 0 Å². The Hall–Kier alpha value is -3.66. The summed E-state index contributed by atoms with van der Waals surface area (Å²) in [5, 5.41) is 1.39. The second kappa shape index (κ2) is 10.3. The fraction of sp³-hybridized carbons (Fsp3) is 0.233. The number of rotatable bonds is 7. The monoisotopic (exact) mass is 608 g/mol. The van der Waals surface area contributed by atoms with Crippen molar-refractivity contribution in [1.29, 1.82) is 0 Å². The van der Waals surface area contributed by atoms with E-state index >= 15 is 0 Å². The van der Waals surface area contributed by atoms with Crippen molar-refractivity contribution in [2.75, 3.05) is 0 Å². The maximum absolute atomic E-state index is 14.1. The van der Waals surface area contributed by atoms with E-state index in [9.17, 15) is 18.0 Å². The van der Waals surface area contributed by atoms with E-state index in [1.165, 1.54) is 6.20 Å². The smallest absolute Gasteiger partial charge is 0.282 e. The van der Waals surface area contributed by atoms with Crippen LogP contribution in [0.2, 0.25) is 10.2 Å². The van der Waals surface area contributed by atoms with Gasteiger partial charge in [-0.1, -0.05) is 41.4 Å². The molecule has 0 radical (unpaired) electrons. The van der Waals surface area contributed by atoms with Gasteiger partial charge in [-0.05, 0) is 74.6 Å². The van der Waals surface area contributed by atoms with E-state index in [4.69, 9.17) is 23.2 Å². The Morgan fingerprint density at radius 3 is 2.63 bits per heavy atom. The van der Waals surface area contributed by atoms with Crippen LogP contribution < -0.4 is 10.3 Å². The normalized spacial score (nSPS) is 14.4. The quantitative estimate of drug-likeness (QED) is 0.218. The van der Waals surface area contributed by atoms with Crippen molar-refractivity contribution >= 4 is 60.9 Å². The van der Waals surface area contributed by atoms with Crippen LogP contribution in [0, 0.1) is 12.8 Å². The van der Waals surface area contributed by atoms with Crippen LogP contribution in [-0.2, 0) is 16.6 Å². The minimum atomic E-state index is -4.00. The zero-order valence-electron chi connectivity index (χ0n) is 22.2. The molecular formula is C30H26Cl2N4O4S. The number of carbonyl (C=O) groups excluding carboxylic acids is 1. The Labute approximate surface area is 246 Å². The molecule has 1 aliphatic carbocycles. The number of halogens is 2. The summed E-state index contributed by atoms with van der Waals surface area (Å²) in [6.45, 7) is 3.50. The van der Waals surface area contributed by atoms with Crippen LogP contribution in [0.3, 0.4) is 0 Å². The van der Waals surface area contributed by atoms with Crippen LogP contribution in [0.1, 0.15) is 41.4 Å². The van der Waals surface area contributed by atoms with Gasteiger partial charge in [0, 0.05) is 38.7 Å². The summed E-state index contributed by atoms with van der Waals surface area (Å²) in [5.74, 6) is -0.836. The van der Waals surface area contributed by atoms with Crippen LogP contribution in [-0.4, -0.2) is 34.1 Å². The molecule has 210 valence electrons. The van der Waals surface area contributed by atoms with Crippen molar-refractivity contribution in [2.24, 2.45) is 5.92 Å². The molecule has 2 N–H and O–H groups in total. The zero-order chi connectivity index (χ0) is 29.1. The number of H-pyrrole nitrogens is 1. The van der Waals surface area contributed by atoms with Crippen molar-refractivity contribution in [1.82, 2.24) is 19.3 Å². The third-order valence-corrected chi connectivity index (χ3v) is 10.3. The largest absolute Gasteiger partial charge is 0.331 e. The van der Waals surface area contributed by atoms with Gasteiger partial charge in [0.05, 0.1) is 22.8 Å². The standard InChI is InChI=1S/C30H26Cl2N4O4S/c1-16-12-22-25(14-23(16)31)36(15-20-13-19-6-3-4-8-24(19)34-28(20)32)27(26(22)21-7-5-11-33-29(21)37)30(38)35-41(39,40)17(2)18-9-10-18/h3-8,11-14,17-18H,9-10,15H2,1-2H3,(H,33,37)(H,35,38). The number of hydrogen-bond donors (Lipinski definition) is 2. The number of para-hydroxylation sites is 1. The van der Waals surface area contributed by atoms with Crippen LogP contribution in [0.25, 0.3) is 32.9 Å². The molecule has 1 aliphatic rings. The number of sulfonamides is 1. The summed E-state index contributed by atoms with van der Waals surface area (Å²) in [6.07, 6.45) is 3.09. The predicted molar refractivity (Wildman–Crippen MR) is 162 cm³/mol. The predicted octanol–water partition coefficient (Wildman–Crippen LogP) is 6.07. The van der Waals surface area contributed by atoms with E-state index in [0.717, 1.165) is 23.8 Å². The first-order valence-corrected chi connectivity index (χ1v) is 15.5. The summed E-state index contributed by atoms with van der Waals surface area (Å²) in [5.41, 5.74) is 2.71. The molecule has 41 heavy (non-hydrogen) atoms. The maximum atomic E-state index is 14.1. The molecule has 2 aromatic carbocycles. The van der Waals surface area contributed by atoms with Crippen LogP contribution >= 0.6 is 23.2 Å². The maximum Gasteiger partial charge on any atom is 0.282 e. The number of aromatic amines is 1. The summed E-state index contributed by atoms with van der Waals surface area (Å²) in [6, 6.07) is 16.2. The molecule has 0 aliphatic heterocycles. The summed E-state index contributed by atoms with van der Waals surface area (Å²) < 4.78 is 30.4. The highest BCUT2D eigenvalue weighted by molar-refractivity contribution is 7.90. The molecule has 0 bridgehead atoms. The van der Waals surface area contributed by atoms with Crippen molar-refractivity contribution in [3.05, 3.63) is 98.1 Å². The third-order valence-electron chi connectivity index (χ3n) is 7.74. The number of amides is 1. The lowest BCUT2D eigenvalue weighted by Crippen LogP contribution is -2.39. The molecule has 3 aromatic heterocycles. The molecule has 6 rings (SSSR count). The molecule has 1 saturated carbocycles. The molecule has 5 aromatic rings. The second-order valence-corrected chi connectivity index (χ2v) is 13.3. The Kier molecular flexibility index (Phi) is 6.92. The van der Waals surface area contributed by atoms with Crippen molar-refractivity contribution in [3.8, 4) is 11.1 Å². The van der Waals surface area contributed by atoms with Gasteiger partial charge in [-0.15, -0.1) is 0 Å². The number of aryl methyl sites for hydroxylation is 1. The Morgan fingerprint density at radius 2 is 1.90 bits per heavy atom. The third kappa shape index (κ3) is 5.03. The Balaban J connectivity index is 1.62. The van der Waals surface area contributed by atoms with E-state index in [2.05, 4.69) is 14.7 Å². The molecule has 1 amide bonds. The molecule has 11 heteroatoms. The van der Waals surface area contributed by atoms with Gasteiger partial charge >= 0.3 is 0 Å². The topological polar surface area (TPSA) is 114 Å². The van der Waals surface area contributed by atoms with E-state index in [-0.39, 0.29) is 28.9 Å². The number of nitrogens with one attached hydrogen (secondary N) is 2. The molecule has 0 saturated heterocycles. The highest BCUT2D eigenvalue weighted by atomic mass is 35.5. The number of nitrogens with zero attached hydrogens (tertiary/aromatic N) is 2. The van der Waals surface area contributed by atoms with Gasteiger partial charge in [0.2, 0.25) is 10.0 Å². The highest BCUT2D eigenvalue weighted by Crippen LogP contribution is 2.39. The summed E-state index contributed by atoms with van der Waals surface area (Å²) in [7, 11) is -4.00. The lowest BCUT2D eigenvalue weighted by atomic mass is 10.0. The first-order chi connectivity index (χ1) is 19.5. The van der Waals surface area contributed by atoms with Gasteiger partial charge in [-0.25, -0.2) is 18.1 Å². The molecule has 1 atom stereocenters. The van der Waals surface area contributed by atoms with Crippen molar-refractivity contribution in [2.45, 2.75) is 38.5 Å². The number of benzene rings is 2. The van der Waals surface area contributed by atoms with Crippen LogP contribution in [0.4, 0.5) is 0 Å². The minimum absolute atomic E-state index is 0.00605. The number of fused-ring (bicyclic) bond motifs is 2. The fourth-order valence-corrected chi connectivity index (χ4v) is 6.96. The summed E-state index contributed by atoms with van der Waals surface area (Å²) >= 11 is 13.2.